The summed E-state index contributed by atoms with van der Waals surface area (Å²) in [6.45, 7) is 0. The molecule has 0 saturated carbocycles. The summed E-state index contributed by atoms with van der Waals surface area (Å²) in [4.78, 5) is 24.9. The number of non-ortho nitro benzene ring substituents is 1. The monoisotopic (exact) mass is 377 g/mol. The summed E-state index contributed by atoms with van der Waals surface area (Å²) in [5, 5.41) is 13.6. The van der Waals surface area contributed by atoms with E-state index in [-0.39, 0.29) is 11.6 Å². The maximum atomic E-state index is 12.7. The van der Waals surface area contributed by atoms with Gasteiger partial charge in [0.05, 0.1) is 10.5 Å². The maximum Gasteiger partial charge on any atom is 0.269 e. The first-order chi connectivity index (χ1) is 13.4. The summed E-state index contributed by atoms with van der Waals surface area (Å²) in [7, 11) is 3.89. The van der Waals surface area contributed by atoms with Crippen LogP contribution in [0.3, 0.4) is 0 Å². The fourth-order valence-electron chi connectivity index (χ4n) is 2.55. The van der Waals surface area contributed by atoms with Crippen LogP contribution >= 0.6 is 0 Å². The number of hydrogen-bond acceptors (Lipinski definition) is 5. The number of anilines is 2. The van der Waals surface area contributed by atoms with E-state index in [1.54, 1.807) is 24.3 Å². The van der Waals surface area contributed by atoms with Crippen molar-refractivity contribution in [1.29, 1.82) is 0 Å². The molecule has 142 valence electrons. The molecule has 7 nitrogen and oxygen atoms in total. The Kier molecular flexibility index (Phi) is 5.55. The van der Waals surface area contributed by atoms with Crippen LogP contribution in [0.25, 0.3) is 0 Å². The Bertz CT molecular complexity index is 983. The molecule has 3 aromatic rings. The highest BCUT2D eigenvalue weighted by Gasteiger charge is 2.14. The van der Waals surface area contributed by atoms with Crippen LogP contribution in [0.2, 0.25) is 0 Å². The first kappa shape index (κ1) is 18.9. The average molecular weight is 377 g/mol. The molecule has 0 aromatic heterocycles. The molecule has 1 amide bonds. The smallest absolute Gasteiger partial charge is 0.269 e. The van der Waals surface area contributed by atoms with Gasteiger partial charge in [-0.2, -0.15) is 0 Å². The highest BCUT2D eigenvalue weighted by atomic mass is 16.6. The van der Waals surface area contributed by atoms with Crippen LogP contribution in [0.4, 0.5) is 17.1 Å². The van der Waals surface area contributed by atoms with Gasteiger partial charge in [0.2, 0.25) is 0 Å². The number of nitro benzene ring substituents is 1. The second-order valence-electron chi connectivity index (χ2n) is 6.24. The van der Waals surface area contributed by atoms with E-state index in [9.17, 15) is 14.9 Å². The largest absolute Gasteiger partial charge is 0.457 e. The van der Waals surface area contributed by atoms with Crippen molar-refractivity contribution >= 4 is 23.0 Å². The zero-order chi connectivity index (χ0) is 20.1. The zero-order valence-corrected chi connectivity index (χ0v) is 15.5. The molecule has 7 heteroatoms. The summed E-state index contributed by atoms with van der Waals surface area (Å²) >= 11 is 0. The number of hydrogen-bond donors (Lipinski definition) is 1. The minimum Gasteiger partial charge on any atom is -0.457 e. The minimum absolute atomic E-state index is 0.0282. The summed E-state index contributed by atoms with van der Waals surface area (Å²) in [6.07, 6.45) is 0. The van der Waals surface area contributed by atoms with Gasteiger partial charge in [-0.3, -0.25) is 14.9 Å². The first-order valence-electron chi connectivity index (χ1n) is 8.54. The van der Waals surface area contributed by atoms with E-state index in [1.165, 1.54) is 24.3 Å². The van der Waals surface area contributed by atoms with Crippen molar-refractivity contribution in [2.24, 2.45) is 0 Å². The number of ether oxygens (including phenoxy) is 1. The molecule has 28 heavy (non-hydrogen) atoms. The van der Waals surface area contributed by atoms with E-state index in [2.05, 4.69) is 5.32 Å². The third kappa shape index (κ3) is 4.45. The third-order valence-electron chi connectivity index (χ3n) is 4.05. The van der Waals surface area contributed by atoms with E-state index in [0.717, 1.165) is 5.69 Å². The minimum atomic E-state index is -0.479. The second-order valence-corrected chi connectivity index (χ2v) is 6.24. The van der Waals surface area contributed by atoms with Crippen molar-refractivity contribution < 1.29 is 14.5 Å². The number of nitrogens with zero attached hydrogens (tertiary/aromatic N) is 2. The van der Waals surface area contributed by atoms with Crippen molar-refractivity contribution in [1.82, 2.24) is 0 Å². The van der Waals surface area contributed by atoms with Crippen molar-refractivity contribution in [2.45, 2.75) is 0 Å². The number of benzene rings is 3. The molecule has 3 aromatic carbocycles. The second kappa shape index (κ2) is 8.22. The van der Waals surface area contributed by atoms with E-state index >= 15 is 0 Å². The van der Waals surface area contributed by atoms with Gasteiger partial charge in [-0.25, -0.2) is 0 Å². The van der Waals surface area contributed by atoms with Crippen LogP contribution in [0.5, 0.6) is 11.5 Å². The lowest BCUT2D eigenvalue weighted by Crippen LogP contribution is -2.13. The van der Waals surface area contributed by atoms with Crippen LogP contribution in [-0.2, 0) is 0 Å². The normalized spacial score (nSPS) is 10.2. The standard InChI is InChI=1S/C21H19N3O4/c1-23(2)16-9-7-15(8-10-16)22-21(25)19-5-3-4-6-20(19)28-18-13-11-17(12-14-18)24(26)27/h3-14H,1-2H3,(H,22,25). The van der Waals surface area contributed by atoms with E-state index in [4.69, 9.17) is 4.74 Å². The van der Waals surface area contributed by atoms with Crippen molar-refractivity contribution in [3.8, 4) is 11.5 Å². The van der Waals surface area contributed by atoms with Gasteiger partial charge < -0.3 is 15.0 Å². The number of amides is 1. The molecular formula is C21H19N3O4. The summed E-state index contributed by atoms with van der Waals surface area (Å²) in [5.74, 6) is 0.454. The van der Waals surface area contributed by atoms with Crippen molar-refractivity contribution in [2.75, 3.05) is 24.3 Å². The molecule has 0 spiro atoms. The lowest BCUT2D eigenvalue weighted by molar-refractivity contribution is -0.384. The molecule has 0 saturated heterocycles. The molecule has 0 bridgehead atoms. The Labute approximate surface area is 162 Å². The molecule has 0 aliphatic rings. The van der Waals surface area contributed by atoms with Crippen LogP contribution in [0, 0.1) is 10.1 Å². The predicted octanol–water partition coefficient (Wildman–Crippen LogP) is 4.71. The first-order valence-corrected chi connectivity index (χ1v) is 8.54. The van der Waals surface area contributed by atoms with Gasteiger partial charge in [-0.1, -0.05) is 12.1 Å². The molecule has 3 rings (SSSR count). The molecule has 0 aliphatic heterocycles. The molecule has 0 heterocycles. The Morgan fingerprint density at radius 1 is 0.964 bits per heavy atom. The van der Waals surface area contributed by atoms with Crippen LogP contribution in [0.15, 0.2) is 72.8 Å². The highest BCUT2D eigenvalue weighted by molar-refractivity contribution is 6.06. The SMILES string of the molecule is CN(C)c1ccc(NC(=O)c2ccccc2Oc2ccc([N+](=O)[O-])cc2)cc1. The Balaban J connectivity index is 1.77. The Hall–Kier alpha value is -3.87. The highest BCUT2D eigenvalue weighted by Crippen LogP contribution is 2.27. The van der Waals surface area contributed by atoms with Gasteiger partial charge in [0.1, 0.15) is 11.5 Å². The molecular weight excluding hydrogens is 358 g/mol. The Morgan fingerprint density at radius 2 is 1.61 bits per heavy atom. The summed E-state index contributed by atoms with van der Waals surface area (Å²) in [5.41, 5.74) is 2.03. The summed E-state index contributed by atoms with van der Waals surface area (Å²) in [6, 6.07) is 20.0. The van der Waals surface area contributed by atoms with Gasteiger partial charge in [0, 0.05) is 37.6 Å². The van der Waals surface area contributed by atoms with E-state index < -0.39 is 4.92 Å². The molecule has 0 unspecified atom stereocenters. The number of nitro groups is 1. The lowest BCUT2D eigenvalue weighted by Gasteiger charge is -2.14. The molecule has 1 N–H and O–H groups in total. The molecule has 0 aliphatic carbocycles. The van der Waals surface area contributed by atoms with Crippen LogP contribution in [-0.4, -0.2) is 24.9 Å². The van der Waals surface area contributed by atoms with Gasteiger partial charge in [-0.05, 0) is 48.5 Å². The van der Waals surface area contributed by atoms with Gasteiger partial charge in [0.25, 0.3) is 11.6 Å². The fourth-order valence-corrected chi connectivity index (χ4v) is 2.55. The van der Waals surface area contributed by atoms with E-state index in [0.29, 0.717) is 22.7 Å². The van der Waals surface area contributed by atoms with Gasteiger partial charge in [0.15, 0.2) is 0 Å². The topological polar surface area (TPSA) is 84.7 Å². The Morgan fingerprint density at radius 3 is 2.21 bits per heavy atom. The lowest BCUT2D eigenvalue weighted by atomic mass is 10.1. The number of para-hydroxylation sites is 1. The van der Waals surface area contributed by atoms with E-state index in [1.807, 2.05) is 43.3 Å². The van der Waals surface area contributed by atoms with Crippen LogP contribution < -0.4 is 15.0 Å². The van der Waals surface area contributed by atoms with Gasteiger partial charge in [-0.15, -0.1) is 0 Å². The number of carbonyl (C=O) groups is 1. The van der Waals surface area contributed by atoms with Crippen molar-refractivity contribution in [3.05, 3.63) is 88.5 Å². The quantitative estimate of drug-likeness (QED) is 0.497. The summed E-state index contributed by atoms with van der Waals surface area (Å²) < 4.78 is 5.76. The van der Waals surface area contributed by atoms with Crippen LogP contribution in [0.1, 0.15) is 10.4 Å². The predicted molar refractivity (Wildman–Crippen MR) is 108 cm³/mol. The fraction of sp³-hybridized carbons (Fsp3) is 0.0952. The average Bonchev–Trinajstić information content (AvgIpc) is 2.69. The third-order valence-corrected chi connectivity index (χ3v) is 4.05. The van der Waals surface area contributed by atoms with Crippen molar-refractivity contribution in [3.63, 3.8) is 0 Å². The van der Waals surface area contributed by atoms with Gasteiger partial charge >= 0.3 is 0 Å². The zero-order valence-electron chi connectivity index (χ0n) is 15.5. The molecule has 0 fully saturated rings. The molecule has 0 radical (unpaired) electrons. The number of nitrogens with one attached hydrogen (secondary N) is 1. The molecule has 0 atom stereocenters. The number of rotatable bonds is 6. The number of carbonyl (C=O) groups excluding carboxylic acids is 1. The maximum absolute atomic E-state index is 12.7.